The molecule has 0 aliphatic carbocycles. The third-order valence-corrected chi connectivity index (χ3v) is 0. The van der Waals surface area contributed by atoms with E-state index in [9.17, 15) is 4.21 Å². The Morgan fingerprint density at radius 1 is 1.33 bits per heavy atom. The number of rotatable bonds is 0. The first-order valence-corrected chi connectivity index (χ1v) is 5.48. The summed E-state index contributed by atoms with van der Waals surface area (Å²) in [6.07, 6.45) is 3.28. The number of hydrogen-bond acceptors (Lipinski definition) is 1. The minimum atomic E-state index is -0.611. The lowest BCUT2D eigenvalue weighted by molar-refractivity contribution is 0.690. The SMILES string of the molecule is CI.CS(C)=O. The second-order valence-corrected chi connectivity index (χ2v) is 2.22. The van der Waals surface area contributed by atoms with E-state index in [1.165, 1.54) is 0 Å². The lowest BCUT2D eigenvalue weighted by Crippen LogP contribution is -1.70. The Balaban J connectivity index is 0. The zero-order valence-electron chi connectivity index (χ0n) is 4.19. The normalized spacial score (nSPS) is 6.83. The molecule has 0 unspecified atom stereocenters. The van der Waals surface area contributed by atoms with Gasteiger partial charge in [-0.15, -0.1) is 0 Å². The van der Waals surface area contributed by atoms with Crippen LogP contribution in [0.15, 0.2) is 0 Å². The zero-order valence-corrected chi connectivity index (χ0v) is 7.17. The summed E-state index contributed by atoms with van der Waals surface area (Å²) in [5, 5.41) is 0. The molecule has 40 valence electrons. The first-order valence-electron chi connectivity index (χ1n) is 1.36. The van der Waals surface area contributed by atoms with Gasteiger partial charge in [-0.1, -0.05) is 22.6 Å². The van der Waals surface area contributed by atoms with Crippen LogP contribution in [0.5, 0.6) is 0 Å². The quantitative estimate of drug-likeness (QED) is 0.440. The maximum absolute atomic E-state index is 9.56. The largest absolute Gasteiger partial charge is 0.260 e. The fourth-order valence-electron chi connectivity index (χ4n) is 0. The molecule has 0 rings (SSSR count). The highest BCUT2D eigenvalue weighted by Crippen LogP contribution is 1.48. The van der Waals surface area contributed by atoms with Gasteiger partial charge in [0, 0.05) is 23.3 Å². The van der Waals surface area contributed by atoms with E-state index in [2.05, 4.69) is 22.6 Å². The molecule has 0 fully saturated rings. The van der Waals surface area contributed by atoms with Crippen molar-refractivity contribution in [3.8, 4) is 0 Å². The van der Waals surface area contributed by atoms with Gasteiger partial charge in [0.15, 0.2) is 0 Å². The van der Waals surface area contributed by atoms with Gasteiger partial charge in [-0.05, 0) is 4.93 Å². The average molecular weight is 220 g/mol. The third-order valence-electron chi connectivity index (χ3n) is 0. The molecule has 0 amide bonds. The van der Waals surface area contributed by atoms with Crippen molar-refractivity contribution in [2.24, 2.45) is 0 Å². The Hall–Kier alpha value is 0.880. The van der Waals surface area contributed by atoms with E-state index in [0.29, 0.717) is 0 Å². The average Bonchev–Trinajstić information content (AvgIpc) is 1.41. The first-order chi connectivity index (χ1) is 2.73. The first kappa shape index (κ1) is 9.99. The molecule has 0 saturated carbocycles. The fourth-order valence-corrected chi connectivity index (χ4v) is 0. The molecular weight excluding hydrogens is 211 g/mol. The molecule has 0 heterocycles. The number of alkyl halides is 1. The van der Waals surface area contributed by atoms with Crippen LogP contribution in [0.3, 0.4) is 0 Å². The second kappa shape index (κ2) is 9.30. The molecule has 0 radical (unpaired) electrons. The monoisotopic (exact) mass is 220 g/mol. The molecule has 0 saturated heterocycles. The molecule has 0 aliphatic heterocycles. The van der Waals surface area contributed by atoms with Crippen LogP contribution in [0.1, 0.15) is 0 Å². The Morgan fingerprint density at radius 3 is 1.33 bits per heavy atom. The van der Waals surface area contributed by atoms with Gasteiger partial charge in [-0.2, -0.15) is 0 Å². The van der Waals surface area contributed by atoms with E-state index in [1.54, 1.807) is 12.5 Å². The maximum atomic E-state index is 9.56. The Morgan fingerprint density at radius 2 is 1.33 bits per heavy atom. The third kappa shape index (κ3) is 94.9. The van der Waals surface area contributed by atoms with Gasteiger partial charge in [0.1, 0.15) is 0 Å². The van der Waals surface area contributed by atoms with Crippen LogP contribution in [-0.2, 0) is 10.8 Å². The minimum absolute atomic E-state index is 0.611. The van der Waals surface area contributed by atoms with Crippen molar-refractivity contribution >= 4 is 33.4 Å². The molecule has 1 nitrogen and oxygen atoms in total. The van der Waals surface area contributed by atoms with Crippen molar-refractivity contribution in [1.82, 2.24) is 0 Å². The van der Waals surface area contributed by atoms with Crippen molar-refractivity contribution in [3.05, 3.63) is 0 Å². The van der Waals surface area contributed by atoms with E-state index >= 15 is 0 Å². The van der Waals surface area contributed by atoms with Gasteiger partial charge in [0.2, 0.25) is 0 Å². The number of halogens is 1. The van der Waals surface area contributed by atoms with E-state index in [0.717, 1.165) is 0 Å². The van der Waals surface area contributed by atoms with Gasteiger partial charge in [-0.25, -0.2) is 0 Å². The summed E-state index contributed by atoms with van der Waals surface area (Å²) < 4.78 is 9.56. The summed E-state index contributed by atoms with van der Waals surface area (Å²) in [5.41, 5.74) is 0. The van der Waals surface area contributed by atoms with Gasteiger partial charge in [0.05, 0.1) is 0 Å². The van der Waals surface area contributed by atoms with Gasteiger partial charge in [0.25, 0.3) is 0 Å². The summed E-state index contributed by atoms with van der Waals surface area (Å²) in [6.45, 7) is 0. The Labute approximate surface area is 55.1 Å². The maximum Gasteiger partial charge on any atom is 0.0148 e. The molecule has 3 heteroatoms. The van der Waals surface area contributed by atoms with Crippen LogP contribution < -0.4 is 0 Å². The van der Waals surface area contributed by atoms with Crippen LogP contribution in [0.25, 0.3) is 0 Å². The zero-order chi connectivity index (χ0) is 5.58. The molecule has 0 aromatic rings. The lowest BCUT2D eigenvalue weighted by Gasteiger charge is -1.60. The smallest absolute Gasteiger partial charge is 0.0148 e. The molecule has 0 aromatic carbocycles. The molecule has 6 heavy (non-hydrogen) atoms. The topological polar surface area (TPSA) is 17.1 Å². The highest BCUT2D eigenvalue weighted by atomic mass is 127. The van der Waals surface area contributed by atoms with Crippen LogP contribution in [0.4, 0.5) is 0 Å². The molecule has 0 aliphatic rings. The van der Waals surface area contributed by atoms with Gasteiger partial charge < -0.3 is 0 Å². The number of hydrogen-bond donors (Lipinski definition) is 0. The molecular formula is C3H9IOS. The van der Waals surface area contributed by atoms with Crippen molar-refractivity contribution in [1.29, 1.82) is 0 Å². The molecule has 0 aromatic heterocycles. The standard InChI is InChI=1S/C2H6OS.CH3I/c1-4(2)3;1-2/h1-2H3;1H3. The molecule has 0 N–H and O–H groups in total. The second-order valence-electron chi connectivity index (χ2n) is 0.742. The fraction of sp³-hybridized carbons (Fsp3) is 1.00. The van der Waals surface area contributed by atoms with Crippen LogP contribution in [0, 0.1) is 0 Å². The lowest BCUT2D eigenvalue weighted by atomic mass is 11.9. The van der Waals surface area contributed by atoms with Crippen molar-refractivity contribution in [2.75, 3.05) is 17.4 Å². The predicted octanol–water partition coefficient (Wildman–Crippen LogP) is 1.05. The van der Waals surface area contributed by atoms with E-state index in [-0.39, 0.29) is 0 Å². The summed E-state index contributed by atoms with van der Waals surface area (Å²) in [6, 6.07) is 0. The van der Waals surface area contributed by atoms with Crippen molar-refractivity contribution < 1.29 is 4.21 Å². The molecule has 0 bridgehead atoms. The summed E-state index contributed by atoms with van der Waals surface area (Å²) in [4.78, 5) is 1.97. The van der Waals surface area contributed by atoms with Crippen LogP contribution in [-0.4, -0.2) is 21.7 Å². The van der Waals surface area contributed by atoms with E-state index in [1.807, 2.05) is 4.93 Å². The van der Waals surface area contributed by atoms with Crippen LogP contribution >= 0.6 is 22.6 Å². The van der Waals surface area contributed by atoms with E-state index in [4.69, 9.17) is 0 Å². The van der Waals surface area contributed by atoms with Gasteiger partial charge >= 0.3 is 0 Å². The van der Waals surface area contributed by atoms with Gasteiger partial charge in [-0.3, -0.25) is 4.21 Å². The summed E-state index contributed by atoms with van der Waals surface area (Å²) >= 11 is 2.15. The highest BCUT2D eigenvalue weighted by Gasteiger charge is 1.57. The summed E-state index contributed by atoms with van der Waals surface area (Å²) in [5.74, 6) is 0. The van der Waals surface area contributed by atoms with Crippen molar-refractivity contribution in [2.45, 2.75) is 0 Å². The highest BCUT2D eigenvalue weighted by molar-refractivity contribution is 14.1. The Kier molecular flexibility index (Phi) is 15.5. The minimum Gasteiger partial charge on any atom is -0.260 e. The van der Waals surface area contributed by atoms with Crippen molar-refractivity contribution in [3.63, 3.8) is 0 Å². The van der Waals surface area contributed by atoms with Crippen LogP contribution in [0.2, 0.25) is 0 Å². The molecule has 0 spiro atoms. The predicted molar refractivity (Wildman–Crippen MR) is 39.9 cm³/mol. The molecule has 0 atom stereocenters. The Bertz CT molecular complexity index is 33.8. The summed E-state index contributed by atoms with van der Waals surface area (Å²) in [7, 11) is -0.611. The van der Waals surface area contributed by atoms with E-state index < -0.39 is 10.8 Å².